The number of aromatic nitrogens is 1. The van der Waals surface area contributed by atoms with Gasteiger partial charge in [-0.3, -0.25) is 0 Å². The maximum Gasteiger partial charge on any atom is 0.344 e. The minimum absolute atomic E-state index is 0.0974. The van der Waals surface area contributed by atoms with Crippen LogP contribution < -0.4 is 10.4 Å². The molecule has 0 aliphatic heterocycles. The smallest absolute Gasteiger partial charge is 0.344 e. The number of halogens is 2. The summed E-state index contributed by atoms with van der Waals surface area (Å²) in [6.07, 6.45) is 0. The summed E-state index contributed by atoms with van der Waals surface area (Å²) in [5.41, 5.74) is 2.65. The number of carbonyl (C=O) groups excluding carboxylic acids is 1. The highest BCUT2D eigenvalue weighted by atomic mass is 35.5. The second kappa shape index (κ2) is 8.57. The average molecular weight is 458 g/mol. The fourth-order valence-electron chi connectivity index (χ4n) is 3.22. The molecule has 0 unspecified atom stereocenters. The standard InChI is InChI=1S/C23H17Cl2NO5/c1-12-3-5-15-14(8-20(27)31-19(15)7-12)10-29-21(28)11-30-23-18(25)9-17(24)16-6-4-13(2)26-22(16)23/h3-9H,10-11H2,1-2H3. The van der Waals surface area contributed by atoms with Gasteiger partial charge in [0.05, 0.1) is 10.0 Å². The van der Waals surface area contributed by atoms with Crippen molar-refractivity contribution in [2.75, 3.05) is 6.61 Å². The van der Waals surface area contributed by atoms with E-state index in [2.05, 4.69) is 4.98 Å². The van der Waals surface area contributed by atoms with Crippen LogP contribution in [0.1, 0.15) is 16.8 Å². The van der Waals surface area contributed by atoms with Gasteiger partial charge in [-0.25, -0.2) is 14.6 Å². The molecule has 31 heavy (non-hydrogen) atoms. The monoisotopic (exact) mass is 457 g/mol. The summed E-state index contributed by atoms with van der Waals surface area (Å²) in [7, 11) is 0. The van der Waals surface area contributed by atoms with Gasteiger partial charge in [0.1, 0.15) is 17.7 Å². The van der Waals surface area contributed by atoms with Crippen LogP contribution in [0, 0.1) is 13.8 Å². The summed E-state index contributed by atoms with van der Waals surface area (Å²) in [6.45, 7) is 3.24. The number of esters is 1. The van der Waals surface area contributed by atoms with Crippen LogP contribution >= 0.6 is 23.2 Å². The normalized spacial score (nSPS) is 11.1. The number of aryl methyl sites for hydroxylation is 2. The van der Waals surface area contributed by atoms with E-state index < -0.39 is 11.6 Å². The number of benzene rings is 2. The molecule has 2 heterocycles. The molecule has 0 N–H and O–H groups in total. The SMILES string of the molecule is Cc1ccc2c(COC(=O)COc3c(Cl)cc(Cl)c4ccc(C)nc34)cc(=O)oc2c1. The molecule has 4 aromatic rings. The molecule has 8 heteroatoms. The molecule has 0 aliphatic rings. The maximum atomic E-state index is 12.3. The van der Waals surface area contributed by atoms with E-state index >= 15 is 0 Å². The van der Waals surface area contributed by atoms with Gasteiger partial charge in [-0.15, -0.1) is 0 Å². The molecule has 0 radical (unpaired) electrons. The van der Waals surface area contributed by atoms with Crippen molar-refractivity contribution in [3.05, 3.63) is 79.8 Å². The number of ether oxygens (including phenoxy) is 2. The number of hydrogen-bond acceptors (Lipinski definition) is 6. The van der Waals surface area contributed by atoms with Crippen LogP contribution in [0.2, 0.25) is 10.0 Å². The number of pyridine rings is 1. The van der Waals surface area contributed by atoms with Crippen molar-refractivity contribution in [3.63, 3.8) is 0 Å². The van der Waals surface area contributed by atoms with Crippen LogP contribution in [0.25, 0.3) is 21.9 Å². The van der Waals surface area contributed by atoms with Crippen LogP contribution in [-0.4, -0.2) is 17.6 Å². The van der Waals surface area contributed by atoms with E-state index in [1.54, 1.807) is 12.1 Å². The second-order valence-electron chi connectivity index (χ2n) is 7.06. The van der Waals surface area contributed by atoms with Gasteiger partial charge in [-0.1, -0.05) is 35.3 Å². The van der Waals surface area contributed by atoms with E-state index in [0.29, 0.717) is 32.5 Å². The Kier molecular flexibility index (Phi) is 5.85. The molecular formula is C23H17Cl2NO5. The summed E-state index contributed by atoms with van der Waals surface area (Å²) in [4.78, 5) is 28.6. The average Bonchev–Trinajstić information content (AvgIpc) is 2.71. The Balaban J connectivity index is 1.51. The van der Waals surface area contributed by atoms with Gasteiger partial charge in [0, 0.05) is 28.1 Å². The first kappa shape index (κ1) is 21.2. The minimum Gasteiger partial charge on any atom is -0.478 e. The number of rotatable bonds is 5. The number of carbonyl (C=O) groups is 1. The van der Waals surface area contributed by atoms with E-state index in [9.17, 15) is 9.59 Å². The predicted molar refractivity (Wildman–Crippen MR) is 119 cm³/mol. The van der Waals surface area contributed by atoms with Crippen LogP contribution in [0.15, 0.2) is 51.7 Å². The summed E-state index contributed by atoms with van der Waals surface area (Å²) >= 11 is 12.5. The molecule has 0 bridgehead atoms. The summed E-state index contributed by atoms with van der Waals surface area (Å²) in [6, 6.07) is 12.0. The summed E-state index contributed by atoms with van der Waals surface area (Å²) < 4.78 is 16.2. The molecule has 0 atom stereocenters. The van der Waals surface area contributed by atoms with E-state index in [1.165, 1.54) is 6.07 Å². The third kappa shape index (κ3) is 4.50. The highest BCUT2D eigenvalue weighted by molar-refractivity contribution is 6.39. The largest absolute Gasteiger partial charge is 0.478 e. The quantitative estimate of drug-likeness (QED) is 0.295. The third-order valence-corrected chi connectivity index (χ3v) is 5.28. The van der Waals surface area contributed by atoms with Gasteiger partial charge in [0.2, 0.25) is 0 Å². The Morgan fingerprint density at radius 2 is 1.81 bits per heavy atom. The van der Waals surface area contributed by atoms with Gasteiger partial charge in [0.15, 0.2) is 12.4 Å². The Labute approximate surface area is 187 Å². The van der Waals surface area contributed by atoms with E-state index in [0.717, 1.165) is 11.3 Å². The molecule has 2 aromatic carbocycles. The lowest BCUT2D eigenvalue weighted by atomic mass is 10.1. The maximum absolute atomic E-state index is 12.3. The molecule has 4 rings (SSSR count). The Morgan fingerprint density at radius 3 is 2.61 bits per heavy atom. The molecule has 0 fully saturated rings. The first-order valence-corrected chi connectivity index (χ1v) is 10.1. The lowest BCUT2D eigenvalue weighted by molar-refractivity contribution is -0.147. The van der Waals surface area contributed by atoms with Gasteiger partial charge >= 0.3 is 11.6 Å². The number of nitrogens with zero attached hydrogens (tertiary/aromatic N) is 1. The Morgan fingerprint density at radius 1 is 1.03 bits per heavy atom. The van der Waals surface area contributed by atoms with Gasteiger partial charge in [-0.2, -0.15) is 0 Å². The second-order valence-corrected chi connectivity index (χ2v) is 7.87. The molecule has 0 aliphatic carbocycles. The zero-order valence-electron chi connectivity index (χ0n) is 16.7. The van der Waals surface area contributed by atoms with Crippen LogP contribution in [-0.2, 0) is 16.1 Å². The van der Waals surface area contributed by atoms with E-state index in [-0.39, 0.29) is 24.0 Å². The number of hydrogen-bond donors (Lipinski definition) is 0. The molecule has 158 valence electrons. The molecular weight excluding hydrogens is 441 g/mol. The highest BCUT2D eigenvalue weighted by Crippen LogP contribution is 2.37. The molecule has 0 saturated carbocycles. The number of fused-ring (bicyclic) bond motifs is 2. The highest BCUT2D eigenvalue weighted by Gasteiger charge is 2.16. The lowest BCUT2D eigenvalue weighted by Gasteiger charge is -2.12. The predicted octanol–water partition coefficient (Wildman–Crippen LogP) is 5.39. The van der Waals surface area contributed by atoms with Crippen LogP contribution in [0.3, 0.4) is 0 Å². The molecule has 2 aromatic heterocycles. The van der Waals surface area contributed by atoms with Gasteiger partial charge < -0.3 is 13.9 Å². The molecule has 6 nitrogen and oxygen atoms in total. The molecule has 0 amide bonds. The first-order chi connectivity index (χ1) is 14.8. The van der Waals surface area contributed by atoms with Crippen molar-refractivity contribution in [2.24, 2.45) is 0 Å². The van der Waals surface area contributed by atoms with Crippen molar-refractivity contribution >= 4 is 51.0 Å². The van der Waals surface area contributed by atoms with Crippen molar-refractivity contribution < 1.29 is 18.7 Å². The zero-order valence-corrected chi connectivity index (χ0v) is 18.2. The topological polar surface area (TPSA) is 78.6 Å². The van der Waals surface area contributed by atoms with Crippen LogP contribution in [0.4, 0.5) is 0 Å². The van der Waals surface area contributed by atoms with Gasteiger partial charge in [-0.05, 0) is 43.7 Å². The molecule has 0 saturated heterocycles. The zero-order chi connectivity index (χ0) is 22.1. The Bertz CT molecular complexity index is 1380. The Hall–Kier alpha value is -3.09. The minimum atomic E-state index is -0.625. The summed E-state index contributed by atoms with van der Waals surface area (Å²) in [5, 5.41) is 2.04. The first-order valence-electron chi connectivity index (χ1n) is 9.39. The fourth-order valence-corrected chi connectivity index (χ4v) is 3.79. The summed E-state index contributed by atoms with van der Waals surface area (Å²) in [5.74, 6) is -0.372. The van der Waals surface area contributed by atoms with E-state index in [1.807, 2.05) is 38.1 Å². The van der Waals surface area contributed by atoms with Crippen molar-refractivity contribution in [1.82, 2.24) is 4.98 Å². The van der Waals surface area contributed by atoms with Crippen molar-refractivity contribution in [2.45, 2.75) is 20.5 Å². The lowest BCUT2D eigenvalue weighted by Crippen LogP contribution is -2.16. The third-order valence-electron chi connectivity index (χ3n) is 4.69. The van der Waals surface area contributed by atoms with Crippen molar-refractivity contribution in [1.29, 1.82) is 0 Å². The fraction of sp³-hybridized carbons (Fsp3) is 0.174. The molecule has 0 spiro atoms. The van der Waals surface area contributed by atoms with E-state index in [4.69, 9.17) is 37.1 Å². The van der Waals surface area contributed by atoms with Gasteiger partial charge in [0.25, 0.3) is 0 Å². The van der Waals surface area contributed by atoms with Crippen molar-refractivity contribution in [3.8, 4) is 5.75 Å². The van der Waals surface area contributed by atoms with Crippen LogP contribution in [0.5, 0.6) is 5.75 Å².